The Morgan fingerprint density at radius 3 is 1.68 bits per heavy atom. The standard InChI is InChI=1S/C31H42O3/c1-4-6-7-8-9-10-11-12-13-14-25-33-29-21-17-27(18-22-29)15-16-28-19-23-30(24-20-28)34-31(32)26(3)5-2/h17-24,26H,4-14,25H2,1-3H3. The first-order valence-corrected chi connectivity index (χ1v) is 13.2. The average Bonchev–Trinajstić information content (AvgIpc) is 2.87. The van der Waals surface area contributed by atoms with E-state index < -0.39 is 0 Å². The minimum Gasteiger partial charge on any atom is -0.494 e. The molecule has 184 valence electrons. The van der Waals surface area contributed by atoms with Crippen LogP contribution < -0.4 is 9.47 Å². The minimum absolute atomic E-state index is 0.0960. The zero-order valence-electron chi connectivity index (χ0n) is 21.4. The number of rotatable bonds is 15. The summed E-state index contributed by atoms with van der Waals surface area (Å²) in [6, 6.07) is 15.3. The fraction of sp³-hybridized carbons (Fsp3) is 0.516. The molecule has 0 amide bonds. The lowest BCUT2D eigenvalue weighted by Gasteiger charge is -2.08. The van der Waals surface area contributed by atoms with Crippen LogP contribution in [0.25, 0.3) is 0 Å². The third kappa shape index (κ3) is 11.4. The van der Waals surface area contributed by atoms with Gasteiger partial charge in [0.1, 0.15) is 11.5 Å². The van der Waals surface area contributed by atoms with Crippen molar-refractivity contribution in [2.75, 3.05) is 6.61 Å². The molecule has 3 heteroatoms. The van der Waals surface area contributed by atoms with Gasteiger partial charge in [-0.15, -0.1) is 0 Å². The Labute approximate surface area is 207 Å². The fourth-order valence-corrected chi connectivity index (χ4v) is 3.55. The largest absolute Gasteiger partial charge is 0.494 e. The third-order valence-corrected chi connectivity index (χ3v) is 6.06. The van der Waals surface area contributed by atoms with E-state index in [0.717, 1.165) is 36.3 Å². The van der Waals surface area contributed by atoms with Crippen molar-refractivity contribution < 1.29 is 14.3 Å². The van der Waals surface area contributed by atoms with Gasteiger partial charge in [0, 0.05) is 11.1 Å². The van der Waals surface area contributed by atoms with Crippen LogP contribution in [0.1, 0.15) is 103 Å². The summed E-state index contributed by atoms with van der Waals surface area (Å²) in [5.41, 5.74) is 1.82. The first-order valence-electron chi connectivity index (χ1n) is 13.2. The van der Waals surface area contributed by atoms with Crippen LogP contribution in [0.2, 0.25) is 0 Å². The Bertz CT molecular complexity index is 872. The Morgan fingerprint density at radius 2 is 1.18 bits per heavy atom. The molecule has 34 heavy (non-hydrogen) atoms. The highest BCUT2D eigenvalue weighted by atomic mass is 16.5. The lowest BCUT2D eigenvalue weighted by atomic mass is 10.1. The monoisotopic (exact) mass is 462 g/mol. The van der Waals surface area contributed by atoms with E-state index in [1.54, 1.807) is 12.1 Å². The zero-order valence-corrected chi connectivity index (χ0v) is 21.4. The van der Waals surface area contributed by atoms with Gasteiger partial charge >= 0.3 is 5.97 Å². The molecular formula is C31H42O3. The molecule has 0 saturated carbocycles. The lowest BCUT2D eigenvalue weighted by molar-refractivity contribution is -0.138. The molecule has 2 aromatic carbocycles. The maximum absolute atomic E-state index is 11.9. The smallest absolute Gasteiger partial charge is 0.314 e. The van der Waals surface area contributed by atoms with E-state index in [9.17, 15) is 4.79 Å². The van der Waals surface area contributed by atoms with E-state index in [4.69, 9.17) is 9.47 Å². The summed E-state index contributed by atoms with van der Waals surface area (Å²) in [7, 11) is 0. The van der Waals surface area contributed by atoms with Crippen LogP contribution in [0.15, 0.2) is 48.5 Å². The zero-order chi connectivity index (χ0) is 24.4. The summed E-state index contributed by atoms with van der Waals surface area (Å²) >= 11 is 0. The van der Waals surface area contributed by atoms with E-state index in [1.165, 1.54) is 57.8 Å². The molecule has 2 rings (SSSR count). The molecule has 0 spiro atoms. The average molecular weight is 463 g/mol. The second-order valence-corrected chi connectivity index (χ2v) is 9.06. The van der Waals surface area contributed by atoms with Crippen LogP contribution in [0.5, 0.6) is 11.5 Å². The molecule has 1 unspecified atom stereocenters. The SMILES string of the molecule is CCCCCCCCCCCCOc1ccc(C#Cc2ccc(OC(=O)C(C)CC)cc2)cc1. The van der Waals surface area contributed by atoms with Crippen molar-refractivity contribution in [1.82, 2.24) is 0 Å². The van der Waals surface area contributed by atoms with Crippen molar-refractivity contribution in [3.05, 3.63) is 59.7 Å². The van der Waals surface area contributed by atoms with Gasteiger partial charge in [-0.1, -0.05) is 90.4 Å². The van der Waals surface area contributed by atoms with Crippen LogP contribution >= 0.6 is 0 Å². The van der Waals surface area contributed by atoms with Gasteiger partial charge < -0.3 is 9.47 Å². The number of hydrogen-bond acceptors (Lipinski definition) is 3. The molecule has 0 aromatic heterocycles. The summed E-state index contributed by atoms with van der Waals surface area (Å²) in [6.45, 7) is 6.89. The quantitative estimate of drug-likeness (QED) is 0.115. The van der Waals surface area contributed by atoms with E-state index in [1.807, 2.05) is 50.2 Å². The summed E-state index contributed by atoms with van der Waals surface area (Å²) in [4.78, 5) is 11.9. The van der Waals surface area contributed by atoms with Gasteiger partial charge in [0.2, 0.25) is 0 Å². The molecule has 0 heterocycles. The number of unbranched alkanes of at least 4 members (excludes halogenated alkanes) is 9. The van der Waals surface area contributed by atoms with Crippen LogP contribution in [0.3, 0.4) is 0 Å². The summed E-state index contributed by atoms with van der Waals surface area (Å²) in [5.74, 6) is 7.49. The van der Waals surface area contributed by atoms with Crippen molar-refractivity contribution in [1.29, 1.82) is 0 Å². The van der Waals surface area contributed by atoms with Crippen LogP contribution in [0.4, 0.5) is 0 Å². The second-order valence-electron chi connectivity index (χ2n) is 9.06. The molecule has 3 nitrogen and oxygen atoms in total. The van der Waals surface area contributed by atoms with E-state index in [-0.39, 0.29) is 11.9 Å². The van der Waals surface area contributed by atoms with Crippen LogP contribution in [0, 0.1) is 17.8 Å². The van der Waals surface area contributed by atoms with Gasteiger partial charge in [0.05, 0.1) is 12.5 Å². The molecule has 0 fully saturated rings. The van der Waals surface area contributed by atoms with Gasteiger partial charge in [-0.25, -0.2) is 0 Å². The molecule has 0 radical (unpaired) electrons. The number of carbonyl (C=O) groups is 1. The maximum atomic E-state index is 11.9. The van der Waals surface area contributed by atoms with E-state index in [0.29, 0.717) is 5.75 Å². The van der Waals surface area contributed by atoms with Gasteiger partial charge in [-0.05, 0) is 61.4 Å². The van der Waals surface area contributed by atoms with Crippen molar-refractivity contribution in [3.63, 3.8) is 0 Å². The maximum Gasteiger partial charge on any atom is 0.314 e. The minimum atomic E-state index is -0.197. The number of benzene rings is 2. The Kier molecular flexibility index (Phi) is 13.6. The fourth-order valence-electron chi connectivity index (χ4n) is 3.55. The number of esters is 1. The lowest BCUT2D eigenvalue weighted by Crippen LogP contribution is -2.16. The molecule has 1 atom stereocenters. The molecule has 0 bridgehead atoms. The summed E-state index contributed by atoms with van der Waals surface area (Å²) in [5, 5.41) is 0. The molecule has 0 saturated heterocycles. The molecule has 0 aliphatic heterocycles. The van der Waals surface area contributed by atoms with Crippen molar-refractivity contribution in [3.8, 4) is 23.3 Å². The Morgan fingerprint density at radius 1 is 0.706 bits per heavy atom. The molecule has 0 aliphatic carbocycles. The molecule has 2 aromatic rings. The highest BCUT2D eigenvalue weighted by Gasteiger charge is 2.12. The molecule has 0 aliphatic rings. The molecule has 0 N–H and O–H groups in total. The van der Waals surface area contributed by atoms with Gasteiger partial charge in [-0.2, -0.15) is 0 Å². The Balaban J connectivity index is 1.64. The van der Waals surface area contributed by atoms with Crippen LogP contribution in [-0.2, 0) is 4.79 Å². The highest BCUT2D eigenvalue weighted by Crippen LogP contribution is 2.16. The van der Waals surface area contributed by atoms with E-state index in [2.05, 4.69) is 18.8 Å². The van der Waals surface area contributed by atoms with Crippen LogP contribution in [-0.4, -0.2) is 12.6 Å². The van der Waals surface area contributed by atoms with Crippen molar-refractivity contribution in [2.24, 2.45) is 5.92 Å². The first kappa shape index (κ1) is 27.5. The van der Waals surface area contributed by atoms with Gasteiger partial charge in [0.25, 0.3) is 0 Å². The number of ether oxygens (including phenoxy) is 2. The normalized spacial score (nSPS) is 11.4. The number of carbonyl (C=O) groups excluding carboxylic acids is 1. The number of hydrogen-bond donors (Lipinski definition) is 0. The summed E-state index contributed by atoms with van der Waals surface area (Å²) in [6.07, 6.45) is 14.1. The van der Waals surface area contributed by atoms with E-state index >= 15 is 0 Å². The topological polar surface area (TPSA) is 35.5 Å². The molecular weight excluding hydrogens is 420 g/mol. The predicted octanol–water partition coefficient (Wildman–Crippen LogP) is 8.34. The first-order chi connectivity index (χ1) is 16.6. The highest BCUT2D eigenvalue weighted by molar-refractivity contribution is 5.74. The van der Waals surface area contributed by atoms with Crippen molar-refractivity contribution >= 4 is 5.97 Å². The van der Waals surface area contributed by atoms with Gasteiger partial charge in [-0.3, -0.25) is 4.79 Å². The summed E-state index contributed by atoms with van der Waals surface area (Å²) < 4.78 is 11.3. The third-order valence-electron chi connectivity index (χ3n) is 6.06. The van der Waals surface area contributed by atoms with Crippen molar-refractivity contribution in [2.45, 2.75) is 91.4 Å². The second kappa shape index (κ2) is 16.8. The predicted molar refractivity (Wildman–Crippen MR) is 141 cm³/mol. The van der Waals surface area contributed by atoms with Gasteiger partial charge in [0.15, 0.2) is 0 Å². The Hall–Kier alpha value is -2.73.